The van der Waals surface area contributed by atoms with Crippen LogP contribution in [0.25, 0.3) is 10.9 Å². The van der Waals surface area contributed by atoms with Crippen LogP contribution in [-0.4, -0.2) is 98.0 Å². The van der Waals surface area contributed by atoms with Crippen molar-refractivity contribution in [2.24, 2.45) is 0 Å². The van der Waals surface area contributed by atoms with Gasteiger partial charge in [0.2, 0.25) is 6.79 Å². The van der Waals surface area contributed by atoms with E-state index < -0.39 is 0 Å². The van der Waals surface area contributed by atoms with Gasteiger partial charge in [-0.2, -0.15) is 0 Å². The molecule has 214 valence electrons. The molecular formula is C30H40N6O4. The van der Waals surface area contributed by atoms with E-state index in [0.717, 1.165) is 117 Å². The van der Waals surface area contributed by atoms with Crippen molar-refractivity contribution in [3.63, 3.8) is 0 Å². The SMILES string of the molecule is CN1CCN(CCCOc2cc3ncnc4c3cc2OCCCCCN(C)Cc2ccc3c(c2N4)OCO3)CC1. The summed E-state index contributed by atoms with van der Waals surface area (Å²) in [4.78, 5) is 16.4. The number of anilines is 2. The summed E-state index contributed by atoms with van der Waals surface area (Å²) < 4.78 is 24.2. The van der Waals surface area contributed by atoms with Crippen LogP contribution in [0.3, 0.4) is 0 Å². The van der Waals surface area contributed by atoms with Gasteiger partial charge in [0.05, 0.1) is 24.4 Å². The molecule has 0 atom stereocenters. The highest BCUT2D eigenvalue weighted by atomic mass is 16.7. The highest BCUT2D eigenvalue weighted by molar-refractivity contribution is 5.94. The van der Waals surface area contributed by atoms with Gasteiger partial charge in [-0.05, 0) is 64.0 Å². The Labute approximate surface area is 236 Å². The molecule has 3 aliphatic rings. The molecule has 4 heterocycles. The summed E-state index contributed by atoms with van der Waals surface area (Å²) in [5.74, 6) is 3.62. The quantitative estimate of drug-likeness (QED) is 0.470. The Hall–Kier alpha value is -3.34. The highest BCUT2D eigenvalue weighted by Crippen LogP contribution is 2.44. The first kappa shape index (κ1) is 26.9. The zero-order valence-corrected chi connectivity index (χ0v) is 23.7. The van der Waals surface area contributed by atoms with E-state index in [-0.39, 0.29) is 6.79 Å². The molecule has 40 heavy (non-hydrogen) atoms. The van der Waals surface area contributed by atoms with E-state index in [9.17, 15) is 0 Å². The molecule has 0 spiro atoms. The second kappa shape index (κ2) is 12.4. The predicted molar refractivity (Wildman–Crippen MR) is 155 cm³/mol. The van der Waals surface area contributed by atoms with Crippen LogP contribution in [0.15, 0.2) is 30.6 Å². The van der Waals surface area contributed by atoms with E-state index in [0.29, 0.717) is 19.0 Å². The first-order chi connectivity index (χ1) is 19.6. The maximum absolute atomic E-state index is 6.32. The second-order valence-electron chi connectivity index (χ2n) is 11.0. The number of likely N-dealkylation sites (N-methyl/N-ethyl adjacent to an activating group) is 1. The Kier molecular flexibility index (Phi) is 8.36. The van der Waals surface area contributed by atoms with Gasteiger partial charge in [-0.3, -0.25) is 0 Å². The number of nitrogens with one attached hydrogen (secondary N) is 1. The predicted octanol–water partition coefficient (Wildman–Crippen LogP) is 4.11. The maximum atomic E-state index is 6.32. The average Bonchev–Trinajstić information content (AvgIpc) is 3.44. The van der Waals surface area contributed by atoms with E-state index in [4.69, 9.17) is 18.9 Å². The smallest absolute Gasteiger partial charge is 0.231 e. The average molecular weight is 549 g/mol. The van der Waals surface area contributed by atoms with Crippen LogP contribution in [0.5, 0.6) is 23.0 Å². The standard InChI is InChI=1S/C30H40N6O4/c1-34-11-13-36(14-12-34)10-6-16-38-27-18-24-23-17-26(27)37-15-5-3-4-9-35(2)19-22-7-8-25-29(40-21-39-25)28(22)33-30(23)32-20-31-24/h7-8,17-18,20H,3-6,9-16,19,21H2,1-2H3,(H,31,32,33). The molecule has 0 aliphatic carbocycles. The normalized spacial score (nSPS) is 18.9. The van der Waals surface area contributed by atoms with Crippen molar-refractivity contribution in [2.75, 3.05) is 78.7 Å². The molecule has 6 rings (SSSR count). The molecule has 0 radical (unpaired) electrons. The van der Waals surface area contributed by atoms with Crippen LogP contribution < -0.4 is 24.3 Å². The molecule has 0 amide bonds. The van der Waals surface area contributed by atoms with E-state index in [1.54, 1.807) is 6.33 Å². The van der Waals surface area contributed by atoms with Crippen molar-refractivity contribution in [2.45, 2.75) is 32.2 Å². The Morgan fingerprint density at radius 1 is 0.900 bits per heavy atom. The molecule has 2 bridgehead atoms. The fourth-order valence-electron chi connectivity index (χ4n) is 5.54. The lowest BCUT2D eigenvalue weighted by atomic mass is 10.1. The molecule has 1 aromatic heterocycles. The van der Waals surface area contributed by atoms with Crippen LogP contribution >= 0.6 is 0 Å². The number of fused-ring (bicyclic) bond motifs is 4. The summed E-state index contributed by atoms with van der Waals surface area (Å²) in [6.45, 7) is 8.80. The first-order valence-electron chi connectivity index (χ1n) is 14.5. The highest BCUT2D eigenvalue weighted by Gasteiger charge is 2.23. The van der Waals surface area contributed by atoms with Gasteiger partial charge in [-0.15, -0.1) is 0 Å². The summed E-state index contributed by atoms with van der Waals surface area (Å²) in [6, 6.07) is 8.09. The molecule has 0 unspecified atom stereocenters. The summed E-state index contributed by atoms with van der Waals surface area (Å²) >= 11 is 0. The minimum Gasteiger partial charge on any atom is -0.490 e. The summed E-state index contributed by atoms with van der Waals surface area (Å²) in [7, 11) is 4.34. The molecule has 2 aromatic carbocycles. The zero-order valence-electron chi connectivity index (χ0n) is 23.7. The number of benzene rings is 2. The number of aromatic nitrogens is 2. The van der Waals surface area contributed by atoms with Gasteiger partial charge in [0, 0.05) is 50.7 Å². The van der Waals surface area contributed by atoms with Crippen molar-refractivity contribution in [1.29, 1.82) is 0 Å². The van der Waals surface area contributed by atoms with Crippen LogP contribution in [0.4, 0.5) is 11.5 Å². The van der Waals surface area contributed by atoms with Gasteiger partial charge in [0.1, 0.15) is 12.1 Å². The monoisotopic (exact) mass is 548 g/mol. The van der Waals surface area contributed by atoms with Crippen molar-refractivity contribution in [3.8, 4) is 23.0 Å². The second-order valence-corrected chi connectivity index (χ2v) is 11.0. The third-order valence-electron chi connectivity index (χ3n) is 7.92. The van der Waals surface area contributed by atoms with E-state index >= 15 is 0 Å². The van der Waals surface area contributed by atoms with E-state index in [1.807, 2.05) is 18.2 Å². The van der Waals surface area contributed by atoms with Crippen molar-refractivity contribution < 1.29 is 18.9 Å². The van der Waals surface area contributed by atoms with Crippen molar-refractivity contribution >= 4 is 22.4 Å². The third-order valence-corrected chi connectivity index (χ3v) is 7.92. The van der Waals surface area contributed by atoms with Gasteiger partial charge < -0.3 is 39.0 Å². The van der Waals surface area contributed by atoms with Crippen molar-refractivity contribution in [3.05, 3.63) is 36.2 Å². The van der Waals surface area contributed by atoms with Crippen LogP contribution in [0, 0.1) is 0 Å². The van der Waals surface area contributed by atoms with Gasteiger partial charge in [-0.25, -0.2) is 9.97 Å². The Balaban J connectivity index is 1.27. The van der Waals surface area contributed by atoms with Gasteiger partial charge in [0.15, 0.2) is 23.0 Å². The van der Waals surface area contributed by atoms with Gasteiger partial charge in [-0.1, -0.05) is 6.07 Å². The molecule has 10 heteroatoms. The Morgan fingerprint density at radius 2 is 1.80 bits per heavy atom. The summed E-state index contributed by atoms with van der Waals surface area (Å²) in [5.41, 5.74) is 2.81. The Bertz CT molecular complexity index is 1310. The number of ether oxygens (including phenoxy) is 4. The summed E-state index contributed by atoms with van der Waals surface area (Å²) in [5, 5.41) is 4.44. The molecule has 1 fully saturated rings. The first-order valence-corrected chi connectivity index (χ1v) is 14.5. The van der Waals surface area contributed by atoms with Crippen LogP contribution in [0.1, 0.15) is 31.2 Å². The maximum Gasteiger partial charge on any atom is 0.231 e. The molecule has 0 saturated carbocycles. The summed E-state index contributed by atoms with van der Waals surface area (Å²) in [6.07, 6.45) is 5.74. The van der Waals surface area contributed by atoms with Crippen molar-refractivity contribution in [1.82, 2.24) is 24.7 Å². The van der Waals surface area contributed by atoms with E-state index in [1.165, 1.54) is 0 Å². The van der Waals surface area contributed by atoms with Gasteiger partial charge >= 0.3 is 0 Å². The molecule has 3 aliphatic heterocycles. The molecule has 3 aromatic rings. The molecule has 1 saturated heterocycles. The number of nitrogens with zero attached hydrogens (tertiary/aromatic N) is 5. The molecule has 10 nitrogen and oxygen atoms in total. The lowest BCUT2D eigenvalue weighted by Gasteiger charge is -2.32. The lowest BCUT2D eigenvalue weighted by molar-refractivity contribution is 0.145. The minimum absolute atomic E-state index is 0.210. The number of rotatable bonds is 5. The largest absolute Gasteiger partial charge is 0.490 e. The number of hydrogen-bond donors (Lipinski definition) is 1. The fraction of sp³-hybridized carbons (Fsp3) is 0.533. The Morgan fingerprint density at radius 3 is 2.70 bits per heavy atom. The van der Waals surface area contributed by atoms with Gasteiger partial charge in [0.25, 0.3) is 0 Å². The van der Waals surface area contributed by atoms with Crippen LogP contribution in [0.2, 0.25) is 0 Å². The number of hydrogen-bond acceptors (Lipinski definition) is 10. The third kappa shape index (κ3) is 6.19. The fourth-order valence-corrected chi connectivity index (χ4v) is 5.54. The number of piperazine rings is 1. The zero-order chi connectivity index (χ0) is 27.3. The molecular weight excluding hydrogens is 508 g/mol. The lowest BCUT2D eigenvalue weighted by Crippen LogP contribution is -2.44. The minimum atomic E-state index is 0.210. The molecule has 1 N–H and O–H groups in total. The topological polar surface area (TPSA) is 84.5 Å². The van der Waals surface area contributed by atoms with Crippen LogP contribution in [-0.2, 0) is 6.54 Å². The van der Waals surface area contributed by atoms with E-state index in [2.05, 4.69) is 50.1 Å².